The van der Waals surface area contributed by atoms with Crippen LogP contribution >= 0.6 is 0 Å². The molecule has 1 atom stereocenters. The van der Waals surface area contributed by atoms with Crippen molar-refractivity contribution in [3.63, 3.8) is 0 Å². The summed E-state index contributed by atoms with van der Waals surface area (Å²) >= 11 is 0. The summed E-state index contributed by atoms with van der Waals surface area (Å²) in [6.45, 7) is 4.96. The van der Waals surface area contributed by atoms with Crippen LogP contribution < -0.4 is 15.4 Å². The summed E-state index contributed by atoms with van der Waals surface area (Å²) < 4.78 is 13.8. The van der Waals surface area contributed by atoms with Crippen molar-refractivity contribution in [3.05, 3.63) is 59.8 Å². The summed E-state index contributed by atoms with van der Waals surface area (Å²) in [4.78, 5) is 42.6. The number of benzene rings is 2. The number of ether oxygens (including phenoxy) is 2. The van der Waals surface area contributed by atoms with Crippen LogP contribution in [-0.4, -0.2) is 62.5 Å². The Morgan fingerprint density at radius 3 is 2.21 bits per heavy atom. The van der Waals surface area contributed by atoms with Gasteiger partial charge >= 0.3 is 5.97 Å². The summed E-state index contributed by atoms with van der Waals surface area (Å²) in [5, 5.41) is 22.8. The van der Waals surface area contributed by atoms with Gasteiger partial charge in [0.15, 0.2) is 11.6 Å². The highest BCUT2D eigenvalue weighted by molar-refractivity contribution is 5.94. The number of carbonyl (C=O) groups is 3. The van der Waals surface area contributed by atoms with E-state index in [0.717, 1.165) is 49.8 Å². The van der Waals surface area contributed by atoms with Crippen LogP contribution in [0.5, 0.6) is 11.5 Å². The number of aliphatic hydroxyl groups is 1. The number of hydrogen-bond acceptors (Lipinski definition) is 8. The zero-order valence-corrected chi connectivity index (χ0v) is 34.2. The van der Waals surface area contributed by atoms with Crippen molar-refractivity contribution >= 4 is 29.1 Å². The third-order valence-electron chi connectivity index (χ3n) is 10.9. The van der Waals surface area contributed by atoms with Crippen LogP contribution in [0.15, 0.2) is 48.5 Å². The molecule has 12 heteroatoms. The Hall–Kier alpha value is -4.71. The van der Waals surface area contributed by atoms with E-state index in [4.69, 9.17) is 24.7 Å². The maximum atomic E-state index is 12.8. The predicted molar refractivity (Wildman–Crippen MR) is 224 cm³/mol. The molecule has 2 heterocycles. The summed E-state index contributed by atoms with van der Waals surface area (Å²) in [5.74, 6) is 1.53. The molecule has 0 saturated heterocycles. The Morgan fingerprint density at radius 1 is 0.860 bits per heavy atom. The Balaban J connectivity index is 1.15. The van der Waals surface area contributed by atoms with E-state index < -0.39 is 0 Å². The molecule has 0 aliphatic heterocycles. The first-order chi connectivity index (χ1) is 27.9. The van der Waals surface area contributed by atoms with Crippen molar-refractivity contribution < 1.29 is 29.0 Å². The van der Waals surface area contributed by atoms with Crippen molar-refractivity contribution in [1.82, 2.24) is 25.1 Å². The molecule has 4 aromatic rings. The van der Waals surface area contributed by atoms with E-state index in [9.17, 15) is 14.4 Å². The van der Waals surface area contributed by atoms with Crippen LogP contribution in [0.25, 0.3) is 17.0 Å². The highest BCUT2D eigenvalue weighted by atomic mass is 16.5. The van der Waals surface area contributed by atoms with Gasteiger partial charge in [-0.05, 0) is 80.1 Å². The van der Waals surface area contributed by atoms with E-state index in [1.54, 1.807) is 41.0 Å². The van der Waals surface area contributed by atoms with Gasteiger partial charge in [-0.15, -0.1) is 9.73 Å². The first kappa shape index (κ1) is 43.4. The molecule has 1 saturated carbocycles. The molecule has 2 aromatic heterocycles. The average molecular weight is 785 g/mol. The van der Waals surface area contributed by atoms with Crippen molar-refractivity contribution in [2.45, 2.75) is 142 Å². The van der Waals surface area contributed by atoms with Gasteiger partial charge in [0, 0.05) is 35.7 Å². The number of anilines is 1. The number of aromatic nitrogens is 4. The second kappa shape index (κ2) is 23.5. The van der Waals surface area contributed by atoms with Crippen molar-refractivity contribution in [2.24, 2.45) is 5.92 Å². The fraction of sp³-hybridized carbons (Fsp3) is 0.578. The lowest BCUT2D eigenvalue weighted by Crippen LogP contribution is -2.26. The zero-order valence-electron chi connectivity index (χ0n) is 34.2. The molecule has 12 nitrogen and oxygen atoms in total. The van der Waals surface area contributed by atoms with E-state index in [-0.39, 0.29) is 43.8 Å². The number of fused-ring (bicyclic) bond motifs is 1. The Labute approximate surface area is 337 Å². The Bertz CT molecular complexity index is 1810. The van der Waals surface area contributed by atoms with Gasteiger partial charge in [0.25, 0.3) is 5.91 Å². The largest absolute Gasteiger partial charge is 0.465 e. The van der Waals surface area contributed by atoms with Crippen LogP contribution in [0.4, 0.5) is 5.69 Å². The number of unbranched alkanes of at least 4 members (excludes halogenated alkanes) is 8. The van der Waals surface area contributed by atoms with Gasteiger partial charge in [0.2, 0.25) is 11.6 Å². The summed E-state index contributed by atoms with van der Waals surface area (Å²) in [7, 11) is 0. The monoisotopic (exact) mass is 784 g/mol. The van der Waals surface area contributed by atoms with Crippen molar-refractivity contribution in [3.8, 4) is 22.9 Å². The molecule has 4 N–H and O–H groups in total. The number of amides is 2. The molecule has 2 amide bonds. The van der Waals surface area contributed by atoms with Gasteiger partial charge in [-0.2, -0.15) is 0 Å². The molecule has 0 radical (unpaired) electrons. The first-order valence-electron chi connectivity index (χ1n) is 21.6. The molecule has 1 unspecified atom stereocenters. The Morgan fingerprint density at radius 2 is 1.53 bits per heavy atom. The summed E-state index contributed by atoms with van der Waals surface area (Å²) in [6, 6.07) is 14.2. The highest BCUT2D eigenvalue weighted by Gasteiger charge is 2.27. The molecule has 57 heavy (non-hydrogen) atoms. The van der Waals surface area contributed by atoms with Gasteiger partial charge in [-0.1, -0.05) is 97.3 Å². The number of esters is 1. The summed E-state index contributed by atoms with van der Waals surface area (Å²) in [5.41, 5.74) is 3.37. The molecular formula is C45H64N6O6. The van der Waals surface area contributed by atoms with E-state index >= 15 is 0 Å². The quantitative estimate of drug-likeness (QED) is 0.0382. The number of aromatic amines is 1. The molecule has 0 bridgehead atoms. The fourth-order valence-electron chi connectivity index (χ4n) is 7.59. The van der Waals surface area contributed by atoms with Crippen LogP contribution in [0.3, 0.4) is 0 Å². The van der Waals surface area contributed by atoms with Gasteiger partial charge in [-0.3, -0.25) is 19.5 Å². The van der Waals surface area contributed by atoms with Gasteiger partial charge in [0.1, 0.15) is 5.75 Å². The zero-order chi connectivity index (χ0) is 40.2. The molecular weight excluding hydrogens is 721 g/mol. The normalized spacial score (nSPS) is 13.7. The van der Waals surface area contributed by atoms with E-state index in [2.05, 4.69) is 29.6 Å². The first-order valence-corrected chi connectivity index (χ1v) is 21.6. The molecule has 0 spiro atoms. The third-order valence-corrected chi connectivity index (χ3v) is 10.9. The standard InChI is InChI=1S/C45H64N6O6/c1-3-5-7-9-10-13-17-33(16-12-8-6-4-2)32-56-40(54)29-28-39(53)47-37-24-20-35(21-25-37)43-48-44-42(41(49-51(44)50-43)34-18-14-11-15-19-34)57-38-26-22-36(23-27-38)45(55)46-30-31-52/h20-27,33-34,49,52H,3-19,28-32H2,1-2H3,(H,46,55)(H,47,53). The molecule has 1 fully saturated rings. The number of carbonyl (C=O) groups excluding carboxylic acids is 3. The van der Waals surface area contributed by atoms with E-state index in [0.29, 0.717) is 52.7 Å². The predicted octanol–water partition coefficient (Wildman–Crippen LogP) is 9.89. The lowest BCUT2D eigenvalue weighted by atomic mass is 9.87. The van der Waals surface area contributed by atoms with Crippen LogP contribution in [-0.2, 0) is 14.3 Å². The lowest BCUT2D eigenvalue weighted by molar-refractivity contribution is -0.146. The molecule has 310 valence electrons. The SMILES string of the molecule is CCCCCCCCC(CCCCCC)COC(=O)CCC(=O)Nc1ccc(-c2nc3c(Oc4ccc(C(=O)NCCO)cc4)c(C4CCCCC4)[nH]n3n2)cc1. The van der Waals surface area contributed by atoms with E-state index in [1.807, 2.05) is 12.1 Å². The number of nitrogens with one attached hydrogen (secondary N) is 3. The number of aliphatic hydroxyl groups excluding tert-OH is 1. The third kappa shape index (κ3) is 13.7. The van der Waals surface area contributed by atoms with Crippen molar-refractivity contribution in [1.29, 1.82) is 0 Å². The molecule has 5 rings (SSSR count). The van der Waals surface area contributed by atoms with Gasteiger partial charge in [-0.25, -0.2) is 4.98 Å². The number of hydrogen-bond donors (Lipinski definition) is 4. The molecule has 1 aliphatic rings. The second-order valence-corrected chi connectivity index (χ2v) is 15.5. The minimum Gasteiger partial charge on any atom is -0.465 e. The number of rotatable bonds is 25. The topological polar surface area (TPSA) is 160 Å². The maximum absolute atomic E-state index is 12.8. The highest BCUT2D eigenvalue weighted by Crippen LogP contribution is 2.40. The Kier molecular flexibility index (Phi) is 17.9. The van der Waals surface area contributed by atoms with Crippen LogP contribution in [0, 0.1) is 5.92 Å². The fourth-order valence-corrected chi connectivity index (χ4v) is 7.59. The average Bonchev–Trinajstić information content (AvgIpc) is 3.80. The maximum Gasteiger partial charge on any atom is 0.306 e. The summed E-state index contributed by atoms with van der Waals surface area (Å²) in [6.07, 6.45) is 20.3. The number of nitrogens with zero attached hydrogens (tertiary/aromatic N) is 3. The van der Waals surface area contributed by atoms with Crippen LogP contribution in [0.2, 0.25) is 0 Å². The molecule has 2 aromatic carbocycles. The second-order valence-electron chi connectivity index (χ2n) is 15.5. The van der Waals surface area contributed by atoms with Gasteiger partial charge < -0.3 is 25.2 Å². The van der Waals surface area contributed by atoms with Crippen LogP contribution in [0.1, 0.15) is 158 Å². The number of H-pyrrole nitrogens is 1. The smallest absolute Gasteiger partial charge is 0.306 e. The molecule has 1 aliphatic carbocycles. The lowest BCUT2D eigenvalue weighted by Gasteiger charge is -2.21. The van der Waals surface area contributed by atoms with Crippen molar-refractivity contribution in [2.75, 3.05) is 25.1 Å². The van der Waals surface area contributed by atoms with E-state index in [1.165, 1.54) is 70.6 Å². The minimum atomic E-state index is -0.322. The van der Waals surface area contributed by atoms with Gasteiger partial charge in [0.05, 0.1) is 25.3 Å². The minimum absolute atomic E-state index is 0.0471.